The Balaban J connectivity index is 2.17. The zero-order valence-electron chi connectivity index (χ0n) is 9.05. The standard InChI is InChI=1S/C11H9ClF3NO2/c12-7(3-4-11(13,14)15)6-1-2-8-9(5-6)18-10(17)16-8/h1-2,5,7H,3-4H2,(H,16,17). The first-order chi connectivity index (χ1) is 8.35. The third-order valence-electron chi connectivity index (χ3n) is 2.49. The Bertz CT molecular complexity index is 602. The maximum Gasteiger partial charge on any atom is 0.417 e. The molecule has 0 bridgehead atoms. The summed E-state index contributed by atoms with van der Waals surface area (Å²) in [6, 6.07) is 4.60. The fraction of sp³-hybridized carbons (Fsp3) is 0.364. The van der Waals surface area contributed by atoms with E-state index in [4.69, 9.17) is 16.0 Å². The Morgan fingerprint density at radius 1 is 1.39 bits per heavy atom. The Labute approximate surface area is 105 Å². The second kappa shape index (κ2) is 4.68. The third-order valence-corrected chi connectivity index (χ3v) is 2.96. The lowest BCUT2D eigenvalue weighted by Gasteiger charge is -2.11. The highest BCUT2D eigenvalue weighted by molar-refractivity contribution is 6.20. The Morgan fingerprint density at radius 3 is 2.78 bits per heavy atom. The molecule has 0 saturated heterocycles. The van der Waals surface area contributed by atoms with Crippen molar-refractivity contribution in [3.8, 4) is 0 Å². The number of rotatable bonds is 3. The number of benzene rings is 1. The summed E-state index contributed by atoms with van der Waals surface area (Å²) in [4.78, 5) is 13.4. The SMILES string of the molecule is O=c1[nH]c2ccc(C(Cl)CCC(F)(F)F)cc2o1. The van der Waals surface area contributed by atoms with Gasteiger partial charge in [-0.25, -0.2) is 4.79 Å². The lowest BCUT2D eigenvalue weighted by atomic mass is 10.1. The molecule has 0 fully saturated rings. The highest BCUT2D eigenvalue weighted by atomic mass is 35.5. The van der Waals surface area contributed by atoms with E-state index in [1.807, 2.05) is 0 Å². The van der Waals surface area contributed by atoms with Crippen LogP contribution in [0.25, 0.3) is 11.1 Å². The summed E-state index contributed by atoms with van der Waals surface area (Å²) in [7, 11) is 0. The zero-order chi connectivity index (χ0) is 13.3. The molecule has 0 spiro atoms. The van der Waals surface area contributed by atoms with Gasteiger partial charge in [0, 0.05) is 6.42 Å². The van der Waals surface area contributed by atoms with Crippen molar-refractivity contribution >= 4 is 22.7 Å². The molecular formula is C11H9ClF3NO2. The van der Waals surface area contributed by atoms with Gasteiger partial charge >= 0.3 is 11.9 Å². The number of hydrogen-bond donors (Lipinski definition) is 1. The minimum Gasteiger partial charge on any atom is -0.408 e. The molecule has 0 radical (unpaired) electrons. The minimum absolute atomic E-state index is 0.217. The fourth-order valence-electron chi connectivity index (χ4n) is 1.61. The van der Waals surface area contributed by atoms with Crippen LogP contribution in [0.15, 0.2) is 27.4 Å². The number of oxazole rings is 1. The largest absolute Gasteiger partial charge is 0.417 e. The summed E-state index contributed by atoms with van der Waals surface area (Å²) in [5, 5.41) is -0.767. The number of aromatic nitrogens is 1. The van der Waals surface area contributed by atoms with Gasteiger partial charge in [0.1, 0.15) is 0 Å². The number of H-pyrrole nitrogens is 1. The van der Waals surface area contributed by atoms with Gasteiger partial charge in [0.05, 0.1) is 10.9 Å². The highest BCUT2D eigenvalue weighted by Crippen LogP contribution is 2.32. The maximum absolute atomic E-state index is 12.1. The van der Waals surface area contributed by atoms with E-state index in [0.717, 1.165) is 0 Å². The normalized spacial score (nSPS) is 14.0. The molecule has 1 aromatic heterocycles. The first kappa shape index (κ1) is 13.0. The molecule has 1 heterocycles. The molecule has 2 rings (SSSR count). The predicted octanol–water partition coefficient (Wildman–Crippen LogP) is 3.74. The summed E-state index contributed by atoms with van der Waals surface area (Å²) in [5.74, 6) is -0.608. The van der Waals surface area contributed by atoms with Crippen LogP contribution in [-0.4, -0.2) is 11.2 Å². The van der Waals surface area contributed by atoms with E-state index in [2.05, 4.69) is 4.98 Å². The van der Waals surface area contributed by atoms with Crippen LogP contribution in [0, 0.1) is 0 Å². The lowest BCUT2D eigenvalue weighted by Crippen LogP contribution is -2.08. The summed E-state index contributed by atoms with van der Waals surface area (Å²) in [6.07, 6.45) is -5.39. The molecule has 98 valence electrons. The first-order valence-electron chi connectivity index (χ1n) is 5.19. The number of fused-ring (bicyclic) bond motifs is 1. The quantitative estimate of drug-likeness (QED) is 0.870. The van der Waals surface area contributed by atoms with Crippen molar-refractivity contribution in [1.82, 2.24) is 4.98 Å². The van der Waals surface area contributed by atoms with Crippen LogP contribution in [0.4, 0.5) is 13.2 Å². The van der Waals surface area contributed by atoms with Gasteiger partial charge in [-0.15, -0.1) is 11.6 Å². The topological polar surface area (TPSA) is 46.0 Å². The highest BCUT2D eigenvalue weighted by Gasteiger charge is 2.28. The summed E-state index contributed by atoms with van der Waals surface area (Å²) >= 11 is 5.89. The molecule has 7 heteroatoms. The van der Waals surface area contributed by atoms with Crippen LogP contribution >= 0.6 is 11.6 Å². The van der Waals surface area contributed by atoms with Gasteiger partial charge in [0.2, 0.25) is 0 Å². The van der Waals surface area contributed by atoms with Gasteiger partial charge in [-0.3, -0.25) is 4.98 Å². The number of halogens is 4. The van der Waals surface area contributed by atoms with Crippen LogP contribution in [-0.2, 0) is 0 Å². The molecule has 0 aliphatic carbocycles. The lowest BCUT2D eigenvalue weighted by molar-refractivity contribution is -0.135. The van der Waals surface area contributed by atoms with Crippen LogP contribution in [0.3, 0.4) is 0 Å². The van der Waals surface area contributed by atoms with Crippen LogP contribution in [0.2, 0.25) is 0 Å². The van der Waals surface area contributed by atoms with E-state index in [0.29, 0.717) is 11.1 Å². The molecule has 18 heavy (non-hydrogen) atoms. The average molecular weight is 280 g/mol. The van der Waals surface area contributed by atoms with Crippen molar-refractivity contribution in [2.75, 3.05) is 0 Å². The Morgan fingerprint density at radius 2 is 2.11 bits per heavy atom. The average Bonchev–Trinajstić information content (AvgIpc) is 2.63. The van der Waals surface area contributed by atoms with Crippen molar-refractivity contribution in [3.63, 3.8) is 0 Å². The number of hydrogen-bond acceptors (Lipinski definition) is 2. The van der Waals surface area contributed by atoms with Gasteiger partial charge < -0.3 is 4.42 Å². The smallest absolute Gasteiger partial charge is 0.408 e. The molecule has 0 aliphatic rings. The van der Waals surface area contributed by atoms with Crippen LogP contribution in [0.5, 0.6) is 0 Å². The van der Waals surface area contributed by atoms with E-state index in [1.165, 1.54) is 6.07 Å². The molecular weight excluding hydrogens is 271 g/mol. The van der Waals surface area contributed by atoms with Crippen molar-refractivity contribution in [3.05, 3.63) is 34.3 Å². The molecule has 3 nitrogen and oxygen atoms in total. The maximum atomic E-state index is 12.1. The fourth-order valence-corrected chi connectivity index (χ4v) is 1.86. The van der Waals surface area contributed by atoms with Gasteiger partial charge in [0.15, 0.2) is 5.58 Å². The van der Waals surface area contributed by atoms with E-state index in [1.54, 1.807) is 12.1 Å². The predicted molar refractivity (Wildman–Crippen MR) is 60.7 cm³/mol. The first-order valence-corrected chi connectivity index (χ1v) is 5.62. The third kappa shape index (κ3) is 3.07. The van der Waals surface area contributed by atoms with Crippen molar-refractivity contribution in [1.29, 1.82) is 0 Å². The Kier molecular flexibility index (Phi) is 3.38. The van der Waals surface area contributed by atoms with E-state index in [9.17, 15) is 18.0 Å². The summed E-state index contributed by atoms with van der Waals surface area (Å²) in [6.45, 7) is 0. The minimum atomic E-state index is -4.22. The van der Waals surface area contributed by atoms with E-state index >= 15 is 0 Å². The molecule has 0 amide bonds. The van der Waals surface area contributed by atoms with E-state index in [-0.39, 0.29) is 12.0 Å². The molecule has 2 aromatic rings. The van der Waals surface area contributed by atoms with Gasteiger partial charge in [-0.05, 0) is 24.1 Å². The summed E-state index contributed by atoms with van der Waals surface area (Å²) < 4.78 is 41.0. The molecule has 1 unspecified atom stereocenters. The van der Waals surface area contributed by atoms with Crippen LogP contribution in [0.1, 0.15) is 23.8 Å². The number of aromatic amines is 1. The Hall–Kier alpha value is -1.43. The number of nitrogens with one attached hydrogen (secondary N) is 1. The molecule has 1 N–H and O–H groups in total. The molecule has 0 saturated carbocycles. The van der Waals surface area contributed by atoms with Crippen molar-refractivity contribution < 1.29 is 17.6 Å². The van der Waals surface area contributed by atoms with Crippen molar-refractivity contribution in [2.45, 2.75) is 24.4 Å². The molecule has 1 aromatic carbocycles. The zero-order valence-corrected chi connectivity index (χ0v) is 9.81. The second-order valence-electron chi connectivity index (χ2n) is 3.89. The van der Waals surface area contributed by atoms with Gasteiger partial charge in [-0.2, -0.15) is 13.2 Å². The number of alkyl halides is 4. The van der Waals surface area contributed by atoms with Crippen LogP contribution < -0.4 is 5.76 Å². The van der Waals surface area contributed by atoms with Gasteiger partial charge in [0.25, 0.3) is 0 Å². The van der Waals surface area contributed by atoms with Crippen molar-refractivity contribution in [2.24, 2.45) is 0 Å². The molecule has 0 aliphatic heterocycles. The summed E-state index contributed by atoms with van der Waals surface area (Å²) in [5.41, 5.74) is 1.27. The molecule has 1 atom stereocenters. The monoisotopic (exact) mass is 279 g/mol. The van der Waals surface area contributed by atoms with E-state index < -0.39 is 23.7 Å². The second-order valence-corrected chi connectivity index (χ2v) is 4.42. The van der Waals surface area contributed by atoms with Gasteiger partial charge in [-0.1, -0.05) is 6.07 Å².